The number of hydrogen-bond acceptors (Lipinski definition) is 2. The van der Waals surface area contributed by atoms with Crippen molar-refractivity contribution in [3.05, 3.63) is 29.0 Å². The summed E-state index contributed by atoms with van der Waals surface area (Å²) in [4.78, 5) is 10.5. The Bertz CT molecular complexity index is 421. The van der Waals surface area contributed by atoms with Gasteiger partial charge < -0.3 is 5.73 Å². The number of rotatable bonds is 6. The number of nitrogens with two attached hydrogens (primary N) is 1. The van der Waals surface area contributed by atoms with Crippen LogP contribution in [0.25, 0.3) is 0 Å². The molecule has 0 aliphatic carbocycles. The number of carbonyl (C=O) groups is 1. The van der Waals surface area contributed by atoms with Gasteiger partial charge in [-0.25, -0.2) is 10.2 Å². The van der Waals surface area contributed by atoms with Crippen LogP contribution in [0.1, 0.15) is 47.5 Å². The topological polar surface area (TPSA) is 67.5 Å². The highest BCUT2D eigenvalue weighted by Gasteiger charge is 2.09. The lowest BCUT2D eigenvalue weighted by atomic mass is 9.95. The summed E-state index contributed by atoms with van der Waals surface area (Å²) in [6.07, 6.45) is 7.82. The van der Waals surface area contributed by atoms with Crippen molar-refractivity contribution in [2.24, 2.45) is 16.3 Å². The summed E-state index contributed by atoms with van der Waals surface area (Å²) >= 11 is 0. The number of urea groups is 1. The first kappa shape index (κ1) is 17.2. The highest BCUT2D eigenvalue weighted by Crippen LogP contribution is 2.14. The molecular weight excluding hydrogens is 238 g/mol. The van der Waals surface area contributed by atoms with Gasteiger partial charge in [0.15, 0.2) is 0 Å². The fourth-order valence-corrected chi connectivity index (χ4v) is 1.26. The Morgan fingerprint density at radius 3 is 2.53 bits per heavy atom. The number of amides is 2. The van der Waals surface area contributed by atoms with E-state index in [0.717, 1.165) is 12.8 Å². The third kappa shape index (κ3) is 11.0. The van der Waals surface area contributed by atoms with E-state index < -0.39 is 6.03 Å². The number of primary amides is 1. The van der Waals surface area contributed by atoms with Gasteiger partial charge in [-0.2, -0.15) is 5.10 Å². The van der Waals surface area contributed by atoms with Gasteiger partial charge in [0, 0.05) is 11.6 Å². The molecule has 4 heteroatoms. The lowest BCUT2D eigenvalue weighted by Gasteiger charge is -2.11. The molecule has 19 heavy (non-hydrogen) atoms. The molecule has 0 aromatic heterocycles. The van der Waals surface area contributed by atoms with Crippen LogP contribution in [0.2, 0.25) is 0 Å². The van der Waals surface area contributed by atoms with Crippen LogP contribution >= 0.6 is 0 Å². The SMILES string of the molecule is CC(=C=CC(C)(C)/C=N/NC(N)=O)CCC=C(C)C. The van der Waals surface area contributed by atoms with Gasteiger partial charge in [-0.1, -0.05) is 25.5 Å². The first-order valence-corrected chi connectivity index (χ1v) is 6.39. The zero-order chi connectivity index (χ0) is 14.9. The van der Waals surface area contributed by atoms with Crippen LogP contribution in [0, 0.1) is 5.41 Å². The molecule has 2 amide bonds. The average molecular weight is 263 g/mol. The Morgan fingerprint density at radius 2 is 2.00 bits per heavy atom. The number of hydrogen-bond donors (Lipinski definition) is 2. The molecule has 0 saturated carbocycles. The van der Waals surface area contributed by atoms with Crippen molar-refractivity contribution in [2.75, 3.05) is 0 Å². The smallest absolute Gasteiger partial charge is 0.332 e. The molecule has 0 aliphatic heterocycles. The van der Waals surface area contributed by atoms with E-state index in [1.165, 1.54) is 11.1 Å². The highest BCUT2D eigenvalue weighted by atomic mass is 16.2. The molecule has 0 saturated heterocycles. The summed E-state index contributed by atoms with van der Waals surface area (Å²) in [5.74, 6) is 0. The van der Waals surface area contributed by atoms with Gasteiger partial charge in [-0.15, -0.1) is 5.73 Å². The summed E-state index contributed by atoms with van der Waals surface area (Å²) in [6, 6.07) is -0.663. The lowest BCUT2D eigenvalue weighted by molar-refractivity contribution is 0.249. The minimum absolute atomic E-state index is 0.278. The molecular formula is C15H25N3O. The third-order valence-electron chi connectivity index (χ3n) is 2.33. The van der Waals surface area contributed by atoms with E-state index in [9.17, 15) is 4.79 Å². The van der Waals surface area contributed by atoms with Crippen LogP contribution in [0.5, 0.6) is 0 Å². The largest absolute Gasteiger partial charge is 0.350 e. The minimum atomic E-state index is -0.663. The van der Waals surface area contributed by atoms with E-state index in [4.69, 9.17) is 5.73 Å². The van der Waals surface area contributed by atoms with E-state index in [-0.39, 0.29) is 5.41 Å². The van der Waals surface area contributed by atoms with Gasteiger partial charge in [0.25, 0.3) is 0 Å². The molecule has 4 nitrogen and oxygen atoms in total. The van der Waals surface area contributed by atoms with Crippen LogP contribution in [0.4, 0.5) is 4.79 Å². The van der Waals surface area contributed by atoms with E-state index in [2.05, 4.69) is 43.1 Å². The second kappa shape index (κ2) is 8.33. The number of hydrazone groups is 1. The Morgan fingerprint density at radius 1 is 1.37 bits per heavy atom. The normalized spacial score (nSPS) is 10.8. The first-order chi connectivity index (χ1) is 8.73. The van der Waals surface area contributed by atoms with Crippen molar-refractivity contribution >= 4 is 12.2 Å². The predicted octanol–water partition coefficient (Wildman–Crippen LogP) is 3.51. The van der Waals surface area contributed by atoms with Gasteiger partial charge in [0.2, 0.25) is 0 Å². The Kier molecular flexibility index (Phi) is 7.54. The van der Waals surface area contributed by atoms with Crippen molar-refractivity contribution in [1.82, 2.24) is 5.43 Å². The molecule has 0 aromatic rings. The minimum Gasteiger partial charge on any atom is -0.350 e. The molecule has 0 aliphatic rings. The molecule has 0 atom stereocenters. The Balaban J connectivity index is 4.51. The lowest BCUT2D eigenvalue weighted by Crippen LogP contribution is -2.25. The number of nitrogens with one attached hydrogen (secondary N) is 1. The van der Waals surface area contributed by atoms with Gasteiger partial charge in [0.1, 0.15) is 0 Å². The Labute approximate surface area is 116 Å². The zero-order valence-electron chi connectivity index (χ0n) is 12.6. The summed E-state index contributed by atoms with van der Waals surface area (Å²) in [5, 5.41) is 3.77. The average Bonchev–Trinajstić information content (AvgIpc) is 2.25. The molecule has 0 rings (SSSR count). The van der Waals surface area contributed by atoms with Gasteiger partial charge in [0.05, 0.1) is 0 Å². The molecule has 0 fully saturated rings. The number of carbonyl (C=O) groups excluding carboxylic acids is 1. The third-order valence-corrected chi connectivity index (χ3v) is 2.33. The van der Waals surface area contributed by atoms with Crippen molar-refractivity contribution in [3.8, 4) is 0 Å². The van der Waals surface area contributed by atoms with E-state index >= 15 is 0 Å². The highest BCUT2D eigenvalue weighted by molar-refractivity contribution is 5.74. The van der Waals surface area contributed by atoms with Gasteiger partial charge in [-0.05, 0) is 45.3 Å². The van der Waals surface area contributed by atoms with E-state index in [0.29, 0.717) is 0 Å². The molecule has 0 heterocycles. The molecule has 3 N–H and O–H groups in total. The van der Waals surface area contributed by atoms with E-state index in [1.807, 2.05) is 19.9 Å². The molecule has 0 aromatic carbocycles. The van der Waals surface area contributed by atoms with Crippen LogP contribution in [0.15, 0.2) is 34.1 Å². The van der Waals surface area contributed by atoms with Crippen molar-refractivity contribution in [2.45, 2.75) is 47.5 Å². The molecule has 0 spiro atoms. The monoisotopic (exact) mass is 263 g/mol. The molecule has 0 radical (unpaired) electrons. The number of nitrogens with zero attached hydrogens (tertiary/aromatic N) is 1. The summed E-state index contributed by atoms with van der Waals surface area (Å²) in [5.41, 5.74) is 12.6. The second-order valence-corrected chi connectivity index (χ2v) is 5.44. The van der Waals surface area contributed by atoms with Crippen molar-refractivity contribution in [1.29, 1.82) is 0 Å². The maximum atomic E-state index is 10.5. The van der Waals surface area contributed by atoms with Crippen LogP contribution in [-0.4, -0.2) is 12.2 Å². The second-order valence-electron chi connectivity index (χ2n) is 5.44. The van der Waals surface area contributed by atoms with Crippen LogP contribution in [0.3, 0.4) is 0 Å². The van der Waals surface area contributed by atoms with Crippen molar-refractivity contribution in [3.63, 3.8) is 0 Å². The maximum Gasteiger partial charge on any atom is 0.332 e. The number of allylic oxidation sites excluding steroid dienone is 3. The van der Waals surface area contributed by atoms with Crippen LogP contribution in [-0.2, 0) is 0 Å². The summed E-state index contributed by atoms with van der Waals surface area (Å²) in [7, 11) is 0. The maximum absolute atomic E-state index is 10.5. The molecule has 0 bridgehead atoms. The standard InChI is InChI=1S/C15H25N3O/c1-12(2)7-6-8-13(3)9-10-15(4,5)11-17-18-14(16)19/h7,10-11H,6,8H2,1-5H3,(H3,16,18,19)/b17-11+. The fourth-order valence-electron chi connectivity index (χ4n) is 1.26. The quantitative estimate of drug-likeness (QED) is 0.327. The van der Waals surface area contributed by atoms with Crippen LogP contribution < -0.4 is 11.2 Å². The van der Waals surface area contributed by atoms with Gasteiger partial charge in [-0.3, -0.25) is 0 Å². The Hall–Kier alpha value is -1.80. The van der Waals surface area contributed by atoms with E-state index in [1.54, 1.807) is 6.21 Å². The molecule has 0 unspecified atom stereocenters. The zero-order valence-corrected chi connectivity index (χ0v) is 12.6. The first-order valence-electron chi connectivity index (χ1n) is 6.39. The van der Waals surface area contributed by atoms with Crippen molar-refractivity contribution < 1.29 is 4.79 Å². The molecule has 106 valence electrons. The van der Waals surface area contributed by atoms with Gasteiger partial charge >= 0.3 is 6.03 Å². The summed E-state index contributed by atoms with van der Waals surface area (Å²) < 4.78 is 0. The fraction of sp³-hybridized carbons (Fsp3) is 0.533. The summed E-state index contributed by atoms with van der Waals surface area (Å²) in [6.45, 7) is 10.2. The predicted molar refractivity (Wildman–Crippen MR) is 80.9 cm³/mol.